The van der Waals surface area contributed by atoms with Gasteiger partial charge in [-0.05, 0) is 23.8 Å². The standard InChI is InChI=1S/C13H14ClN5O2/c14-9-1-2-10-8(5-9)6-11(20)18(10)7-12(21)19(15)13-16-3-4-17-13/h1-2,5H,3-4,6-7,15H2,(H,16,17). The minimum absolute atomic E-state index is 0.120. The summed E-state index contributed by atoms with van der Waals surface area (Å²) < 4.78 is 0. The first-order valence-electron chi connectivity index (χ1n) is 6.51. The number of aliphatic imine (C=N–C) groups is 1. The molecule has 0 bridgehead atoms. The first kappa shape index (κ1) is 13.8. The van der Waals surface area contributed by atoms with Crippen LogP contribution in [-0.4, -0.2) is 42.4 Å². The molecule has 2 heterocycles. The molecule has 2 aliphatic rings. The number of rotatable bonds is 2. The molecule has 2 aliphatic heterocycles. The lowest BCUT2D eigenvalue weighted by molar-refractivity contribution is -0.128. The number of carbonyl (C=O) groups is 2. The van der Waals surface area contributed by atoms with Crippen LogP contribution >= 0.6 is 11.6 Å². The van der Waals surface area contributed by atoms with Gasteiger partial charge < -0.3 is 10.2 Å². The Bertz CT molecular complexity index is 645. The van der Waals surface area contributed by atoms with Crippen LogP contribution in [0.4, 0.5) is 5.69 Å². The van der Waals surface area contributed by atoms with Gasteiger partial charge >= 0.3 is 0 Å². The second kappa shape index (κ2) is 5.34. The van der Waals surface area contributed by atoms with E-state index >= 15 is 0 Å². The fraction of sp³-hybridized carbons (Fsp3) is 0.308. The molecule has 0 aliphatic carbocycles. The van der Waals surface area contributed by atoms with Crippen molar-refractivity contribution in [3.63, 3.8) is 0 Å². The quantitative estimate of drug-likeness (QED) is 0.453. The van der Waals surface area contributed by atoms with Crippen molar-refractivity contribution in [2.24, 2.45) is 10.8 Å². The molecule has 0 saturated carbocycles. The van der Waals surface area contributed by atoms with Crippen LogP contribution in [0.2, 0.25) is 5.02 Å². The molecule has 7 nitrogen and oxygen atoms in total. The van der Waals surface area contributed by atoms with Crippen LogP contribution in [0.1, 0.15) is 5.56 Å². The maximum Gasteiger partial charge on any atom is 0.263 e. The molecule has 0 saturated heterocycles. The van der Waals surface area contributed by atoms with Gasteiger partial charge in [-0.25, -0.2) is 15.8 Å². The molecule has 3 rings (SSSR count). The molecule has 8 heteroatoms. The number of hydrazine groups is 1. The normalized spacial score (nSPS) is 16.6. The Labute approximate surface area is 126 Å². The number of nitrogens with two attached hydrogens (primary N) is 1. The molecular formula is C13H14ClN5O2. The van der Waals surface area contributed by atoms with E-state index in [1.807, 2.05) is 0 Å². The Morgan fingerprint density at radius 3 is 3.05 bits per heavy atom. The lowest BCUT2D eigenvalue weighted by Gasteiger charge is -2.21. The summed E-state index contributed by atoms with van der Waals surface area (Å²) >= 11 is 5.91. The Morgan fingerprint density at radius 1 is 1.52 bits per heavy atom. The molecule has 0 aromatic heterocycles. The third-order valence-corrected chi connectivity index (χ3v) is 3.66. The first-order valence-corrected chi connectivity index (χ1v) is 6.89. The van der Waals surface area contributed by atoms with E-state index in [-0.39, 0.29) is 18.9 Å². The SMILES string of the molecule is NN(C(=O)CN1C(=O)Cc2cc(Cl)ccc21)C1=NCCN1. The number of anilines is 1. The summed E-state index contributed by atoms with van der Waals surface area (Å²) in [4.78, 5) is 29.7. The van der Waals surface area contributed by atoms with Gasteiger partial charge in [0.25, 0.3) is 5.91 Å². The van der Waals surface area contributed by atoms with E-state index < -0.39 is 5.91 Å². The van der Waals surface area contributed by atoms with Crippen molar-refractivity contribution in [3.8, 4) is 0 Å². The smallest absolute Gasteiger partial charge is 0.263 e. The maximum atomic E-state index is 12.2. The largest absolute Gasteiger partial charge is 0.353 e. The average Bonchev–Trinajstić information content (AvgIpc) is 3.07. The van der Waals surface area contributed by atoms with E-state index in [1.54, 1.807) is 18.2 Å². The van der Waals surface area contributed by atoms with Crippen molar-refractivity contribution in [2.75, 3.05) is 24.5 Å². The van der Waals surface area contributed by atoms with Crippen LogP contribution < -0.4 is 16.1 Å². The van der Waals surface area contributed by atoms with Gasteiger partial charge in [-0.15, -0.1) is 0 Å². The summed E-state index contributed by atoms with van der Waals surface area (Å²) in [7, 11) is 0. The van der Waals surface area contributed by atoms with Crippen molar-refractivity contribution in [1.29, 1.82) is 0 Å². The molecule has 3 N–H and O–H groups in total. The number of guanidine groups is 1. The zero-order chi connectivity index (χ0) is 15.0. The summed E-state index contributed by atoms with van der Waals surface area (Å²) in [5, 5.41) is 4.43. The second-order valence-electron chi connectivity index (χ2n) is 4.83. The number of nitrogens with one attached hydrogen (secondary N) is 1. The fourth-order valence-corrected chi connectivity index (χ4v) is 2.60. The average molecular weight is 308 g/mol. The number of fused-ring (bicyclic) bond motifs is 1. The lowest BCUT2D eigenvalue weighted by Crippen LogP contribution is -2.51. The number of hydrogen-bond acceptors (Lipinski definition) is 5. The lowest BCUT2D eigenvalue weighted by atomic mass is 10.2. The topological polar surface area (TPSA) is 91.0 Å². The molecule has 0 radical (unpaired) electrons. The third kappa shape index (κ3) is 2.57. The van der Waals surface area contributed by atoms with Gasteiger partial charge in [0.1, 0.15) is 6.54 Å². The van der Waals surface area contributed by atoms with Crippen molar-refractivity contribution in [2.45, 2.75) is 6.42 Å². The van der Waals surface area contributed by atoms with Gasteiger partial charge in [0.2, 0.25) is 11.9 Å². The van der Waals surface area contributed by atoms with E-state index in [2.05, 4.69) is 10.3 Å². The van der Waals surface area contributed by atoms with E-state index in [0.29, 0.717) is 29.8 Å². The van der Waals surface area contributed by atoms with Gasteiger partial charge in [-0.2, -0.15) is 0 Å². The molecule has 1 aromatic rings. The van der Waals surface area contributed by atoms with Crippen LogP contribution in [0.25, 0.3) is 0 Å². The summed E-state index contributed by atoms with van der Waals surface area (Å²) in [6.07, 6.45) is 0.243. The van der Waals surface area contributed by atoms with Crippen molar-refractivity contribution >= 4 is 35.1 Å². The highest BCUT2D eigenvalue weighted by Gasteiger charge is 2.31. The predicted molar refractivity (Wildman–Crippen MR) is 78.8 cm³/mol. The highest BCUT2D eigenvalue weighted by Crippen LogP contribution is 2.30. The molecule has 2 amide bonds. The van der Waals surface area contributed by atoms with Crippen LogP contribution in [0.15, 0.2) is 23.2 Å². The minimum Gasteiger partial charge on any atom is -0.353 e. The van der Waals surface area contributed by atoms with Crippen LogP contribution in [0, 0.1) is 0 Å². The Hall–Kier alpha value is -2.12. The number of nitrogens with zero attached hydrogens (tertiary/aromatic N) is 3. The maximum absolute atomic E-state index is 12.2. The number of halogens is 1. The summed E-state index contributed by atoms with van der Waals surface area (Å²) in [5.41, 5.74) is 1.52. The van der Waals surface area contributed by atoms with E-state index in [4.69, 9.17) is 17.4 Å². The van der Waals surface area contributed by atoms with Gasteiger partial charge in [0.05, 0.1) is 13.0 Å². The summed E-state index contributed by atoms with van der Waals surface area (Å²) in [6.45, 7) is 1.12. The van der Waals surface area contributed by atoms with Crippen molar-refractivity contribution in [1.82, 2.24) is 10.3 Å². The predicted octanol–water partition coefficient (Wildman–Crippen LogP) is -0.109. The molecule has 21 heavy (non-hydrogen) atoms. The van der Waals surface area contributed by atoms with Gasteiger partial charge in [-0.1, -0.05) is 11.6 Å². The molecule has 1 aromatic carbocycles. The molecular weight excluding hydrogens is 294 g/mol. The van der Waals surface area contributed by atoms with Crippen LogP contribution in [-0.2, 0) is 16.0 Å². The monoisotopic (exact) mass is 307 g/mol. The Morgan fingerprint density at radius 2 is 2.33 bits per heavy atom. The zero-order valence-electron chi connectivity index (χ0n) is 11.2. The Balaban J connectivity index is 1.76. The van der Waals surface area contributed by atoms with Gasteiger partial charge in [0, 0.05) is 17.3 Å². The Kier molecular flexibility index (Phi) is 3.52. The highest BCUT2D eigenvalue weighted by molar-refractivity contribution is 6.31. The van der Waals surface area contributed by atoms with Crippen LogP contribution in [0.5, 0.6) is 0 Å². The summed E-state index contributed by atoms with van der Waals surface area (Å²) in [5.74, 6) is 5.51. The number of amides is 2. The van der Waals surface area contributed by atoms with E-state index in [1.165, 1.54) is 4.90 Å². The third-order valence-electron chi connectivity index (χ3n) is 3.42. The van der Waals surface area contributed by atoms with Crippen molar-refractivity contribution in [3.05, 3.63) is 28.8 Å². The van der Waals surface area contributed by atoms with Crippen molar-refractivity contribution < 1.29 is 9.59 Å². The van der Waals surface area contributed by atoms with E-state index in [9.17, 15) is 9.59 Å². The highest BCUT2D eigenvalue weighted by atomic mass is 35.5. The number of hydrogen-bond donors (Lipinski definition) is 2. The van der Waals surface area contributed by atoms with Gasteiger partial charge in [-0.3, -0.25) is 9.59 Å². The molecule has 0 unspecified atom stereocenters. The van der Waals surface area contributed by atoms with Crippen LogP contribution in [0.3, 0.4) is 0 Å². The number of benzene rings is 1. The molecule has 0 atom stereocenters. The number of carbonyl (C=O) groups excluding carboxylic acids is 2. The minimum atomic E-state index is -0.403. The molecule has 0 fully saturated rings. The molecule has 0 spiro atoms. The second-order valence-corrected chi connectivity index (χ2v) is 5.26. The fourth-order valence-electron chi connectivity index (χ4n) is 2.40. The van der Waals surface area contributed by atoms with Gasteiger partial charge in [0.15, 0.2) is 0 Å². The first-order chi connectivity index (χ1) is 10.1. The van der Waals surface area contributed by atoms with E-state index in [0.717, 1.165) is 10.6 Å². The summed E-state index contributed by atoms with van der Waals surface area (Å²) in [6, 6.07) is 5.17. The molecule has 110 valence electrons. The zero-order valence-corrected chi connectivity index (χ0v) is 11.9.